The molecule has 4 heterocycles. The van der Waals surface area contributed by atoms with Crippen LogP contribution in [0.2, 0.25) is 0 Å². The number of amides is 1. The number of aromatic amines is 1. The largest absolute Gasteiger partial charge is 0.487 e. The number of ether oxygens (including phenoxy) is 1. The number of H-pyrrole nitrogens is 1. The maximum Gasteiger partial charge on any atom is 0.248 e. The molecule has 1 saturated heterocycles. The number of anilines is 1. The third kappa shape index (κ3) is 4.87. The van der Waals surface area contributed by atoms with E-state index in [9.17, 15) is 18.4 Å². The molecule has 2 aliphatic rings. The molecule has 182 valence electrons. The van der Waals surface area contributed by atoms with E-state index in [-0.39, 0.29) is 23.3 Å². The molecule has 0 aliphatic carbocycles. The monoisotopic (exact) mass is 481 g/mol. The number of carbonyl (C=O) groups excluding carboxylic acids is 1. The Morgan fingerprint density at radius 1 is 1.09 bits per heavy atom. The number of aromatic nitrogens is 3. The van der Waals surface area contributed by atoms with Crippen molar-refractivity contribution < 1.29 is 18.3 Å². The minimum Gasteiger partial charge on any atom is -0.487 e. The van der Waals surface area contributed by atoms with Crippen LogP contribution in [0.25, 0.3) is 11.3 Å². The number of piperidine rings is 1. The lowest BCUT2D eigenvalue weighted by Crippen LogP contribution is -2.40. The Balaban J connectivity index is 1.41. The summed E-state index contributed by atoms with van der Waals surface area (Å²) in [5.74, 6) is -0.660. The fourth-order valence-corrected chi connectivity index (χ4v) is 4.53. The van der Waals surface area contributed by atoms with Crippen molar-refractivity contribution >= 4 is 11.7 Å². The first-order valence-electron chi connectivity index (χ1n) is 11.6. The highest BCUT2D eigenvalue weighted by Crippen LogP contribution is 2.32. The lowest BCUT2D eigenvalue weighted by atomic mass is 10.0. The molecule has 2 aliphatic heterocycles. The molecule has 3 aromatic rings. The van der Waals surface area contributed by atoms with E-state index in [0.717, 1.165) is 17.5 Å². The van der Waals surface area contributed by atoms with Crippen molar-refractivity contribution in [3.8, 4) is 17.0 Å². The SMILES string of the molecule is CC(=O)N1CCc2nc(N3CCC(Oc4ccc(F)cc4F)CC3)c(-c3cc[nH]c(=O)c3)nc2C1. The first-order chi connectivity index (χ1) is 16.9. The fourth-order valence-electron chi connectivity index (χ4n) is 4.53. The molecule has 0 bridgehead atoms. The summed E-state index contributed by atoms with van der Waals surface area (Å²) in [6.07, 6.45) is 3.18. The highest BCUT2D eigenvalue weighted by molar-refractivity contribution is 5.75. The Morgan fingerprint density at radius 3 is 2.60 bits per heavy atom. The van der Waals surface area contributed by atoms with Crippen LogP contribution in [0.4, 0.5) is 14.6 Å². The Labute approximate surface area is 200 Å². The maximum absolute atomic E-state index is 14.0. The summed E-state index contributed by atoms with van der Waals surface area (Å²) < 4.78 is 33.0. The highest BCUT2D eigenvalue weighted by atomic mass is 19.1. The molecular weight excluding hydrogens is 456 g/mol. The number of rotatable bonds is 4. The van der Waals surface area contributed by atoms with Crippen molar-refractivity contribution in [1.29, 1.82) is 0 Å². The number of nitrogens with zero attached hydrogens (tertiary/aromatic N) is 4. The molecular formula is C25H25F2N5O3. The number of benzene rings is 1. The standard InChI is InChI=1S/C25H25F2N5O3/c1-15(33)32-11-7-20-21(14-32)29-24(16-4-8-28-23(34)12-16)25(30-20)31-9-5-18(6-10-31)35-22-3-2-17(26)13-19(22)27/h2-4,8,12-13,18H,5-7,9-11,14H2,1H3,(H,28,34). The van der Waals surface area contributed by atoms with Gasteiger partial charge in [-0.1, -0.05) is 0 Å². The summed E-state index contributed by atoms with van der Waals surface area (Å²) in [7, 11) is 0. The van der Waals surface area contributed by atoms with Gasteiger partial charge in [0, 0.05) is 69.7 Å². The molecule has 0 atom stereocenters. The van der Waals surface area contributed by atoms with E-state index in [4.69, 9.17) is 14.7 Å². The van der Waals surface area contributed by atoms with E-state index in [1.165, 1.54) is 25.1 Å². The molecule has 0 radical (unpaired) electrons. The smallest absolute Gasteiger partial charge is 0.248 e. The molecule has 1 N–H and O–H groups in total. The van der Waals surface area contributed by atoms with Gasteiger partial charge in [0.25, 0.3) is 0 Å². The minimum atomic E-state index is -0.718. The quantitative estimate of drug-likeness (QED) is 0.616. The predicted molar refractivity (Wildman–Crippen MR) is 125 cm³/mol. The second-order valence-electron chi connectivity index (χ2n) is 8.80. The molecule has 2 aromatic heterocycles. The Kier molecular flexibility index (Phi) is 6.19. The molecule has 5 rings (SSSR count). The number of carbonyl (C=O) groups is 1. The molecule has 0 unspecified atom stereocenters. The van der Waals surface area contributed by atoms with Gasteiger partial charge in [-0.05, 0) is 18.2 Å². The van der Waals surface area contributed by atoms with Crippen LogP contribution >= 0.6 is 0 Å². The molecule has 10 heteroatoms. The zero-order chi connectivity index (χ0) is 24.5. The molecule has 8 nitrogen and oxygen atoms in total. The van der Waals surface area contributed by atoms with E-state index < -0.39 is 11.6 Å². The van der Waals surface area contributed by atoms with E-state index >= 15 is 0 Å². The van der Waals surface area contributed by atoms with E-state index in [1.54, 1.807) is 17.2 Å². The fraction of sp³-hybridized carbons (Fsp3) is 0.360. The van der Waals surface area contributed by atoms with Crippen LogP contribution in [-0.2, 0) is 17.8 Å². The van der Waals surface area contributed by atoms with Crippen molar-refractivity contribution in [3.05, 3.63) is 69.9 Å². The Hall–Kier alpha value is -3.82. The average Bonchev–Trinajstić information content (AvgIpc) is 2.85. The number of hydrogen-bond donors (Lipinski definition) is 1. The summed E-state index contributed by atoms with van der Waals surface area (Å²) in [5.41, 5.74) is 2.56. The molecule has 0 saturated carbocycles. The van der Waals surface area contributed by atoms with Crippen LogP contribution in [-0.4, -0.2) is 51.5 Å². The van der Waals surface area contributed by atoms with Gasteiger partial charge >= 0.3 is 0 Å². The zero-order valence-electron chi connectivity index (χ0n) is 19.3. The zero-order valence-corrected chi connectivity index (χ0v) is 19.3. The van der Waals surface area contributed by atoms with E-state index in [0.29, 0.717) is 62.5 Å². The molecule has 1 aromatic carbocycles. The third-order valence-corrected chi connectivity index (χ3v) is 6.41. The second-order valence-corrected chi connectivity index (χ2v) is 8.80. The number of halogens is 2. The summed E-state index contributed by atoms with van der Waals surface area (Å²) in [5, 5.41) is 0. The first-order valence-corrected chi connectivity index (χ1v) is 11.6. The van der Waals surface area contributed by atoms with Gasteiger partial charge < -0.3 is 19.5 Å². The van der Waals surface area contributed by atoms with Crippen molar-refractivity contribution in [3.63, 3.8) is 0 Å². The van der Waals surface area contributed by atoms with Gasteiger partial charge in [-0.15, -0.1) is 0 Å². The van der Waals surface area contributed by atoms with Crippen molar-refractivity contribution in [1.82, 2.24) is 19.9 Å². The Bertz CT molecular complexity index is 1320. The average molecular weight is 482 g/mol. The number of nitrogens with one attached hydrogen (secondary N) is 1. The van der Waals surface area contributed by atoms with Gasteiger partial charge in [0.15, 0.2) is 17.4 Å². The normalized spacial score (nSPS) is 16.2. The van der Waals surface area contributed by atoms with E-state index in [2.05, 4.69) is 9.88 Å². The lowest BCUT2D eigenvalue weighted by molar-refractivity contribution is -0.129. The molecule has 0 spiro atoms. The van der Waals surface area contributed by atoms with Crippen molar-refractivity contribution in [2.24, 2.45) is 0 Å². The maximum atomic E-state index is 14.0. The van der Waals surface area contributed by atoms with Gasteiger partial charge in [-0.25, -0.2) is 18.7 Å². The van der Waals surface area contributed by atoms with Crippen LogP contribution in [0.1, 0.15) is 31.2 Å². The van der Waals surface area contributed by atoms with Gasteiger partial charge in [-0.3, -0.25) is 9.59 Å². The summed E-state index contributed by atoms with van der Waals surface area (Å²) >= 11 is 0. The topological polar surface area (TPSA) is 91.4 Å². The van der Waals surface area contributed by atoms with Crippen LogP contribution in [0.5, 0.6) is 5.75 Å². The number of hydrogen-bond acceptors (Lipinski definition) is 6. The third-order valence-electron chi connectivity index (χ3n) is 6.41. The van der Waals surface area contributed by atoms with Crippen molar-refractivity contribution in [2.45, 2.75) is 38.8 Å². The summed E-state index contributed by atoms with van der Waals surface area (Å²) in [4.78, 5) is 40.2. The van der Waals surface area contributed by atoms with Crippen LogP contribution in [0, 0.1) is 11.6 Å². The molecule has 1 amide bonds. The van der Waals surface area contributed by atoms with Crippen molar-refractivity contribution in [2.75, 3.05) is 24.5 Å². The number of fused-ring (bicyclic) bond motifs is 1. The second kappa shape index (κ2) is 9.44. The molecule has 1 fully saturated rings. The van der Waals surface area contributed by atoms with Crippen LogP contribution in [0.3, 0.4) is 0 Å². The number of pyridine rings is 1. The summed E-state index contributed by atoms with van der Waals surface area (Å²) in [6, 6.07) is 6.56. The van der Waals surface area contributed by atoms with Gasteiger partial charge in [0.2, 0.25) is 11.5 Å². The van der Waals surface area contributed by atoms with Gasteiger partial charge in [0.05, 0.1) is 17.9 Å². The predicted octanol–water partition coefficient (Wildman–Crippen LogP) is 3.06. The van der Waals surface area contributed by atoms with Crippen LogP contribution in [0.15, 0.2) is 41.3 Å². The lowest BCUT2D eigenvalue weighted by Gasteiger charge is -2.35. The minimum absolute atomic E-state index is 0.0149. The first kappa shape index (κ1) is 22.9. The van der Waals surface area contributed by atoms with Crippen LogP contribution < -0.4 is 15.2 Å². The van der Waals surface area contributed by atoms with Gasteiger partial charge in [0.1, 0.15) is 17.6 Å². The highest BCUT2D eigenvalue weighted by Gasteiger charge is 2.28. The summed E-state index contributed by atoms with van der Waals surface area (Å²) in [6.45, 7) is 3.69. The molecule has 35 heavy (non-hydrogen) atoms. The van der Waals surface area contributed by atoms with Gasteiger partial charge in [-0.2, -0.15) is 0 Å². The Morgan fingerprint density at radius 2 is 1.89 bits per heavy atom. The van der Waals surface area contributed by atoms with E-state index in [1.807, 2.05) is 0 Å².